The van der Waals surface area contributed by atoms with Crippen LogP contribution in [0.25, 0.3) is 0 Å². The molecule has 0 unspecified atom stereocenters. The van der Waals surface area contributed by atoms with Gasteiger partial charge in [-0.25, -0.2) is 0 Å². The fraction of sp³-hybridized carbons (Fsp3) is 0.150. The number of carbonyl (C=O) groups is 1. The van der Waals surface area contributed by atoms with Crippen molar-refractivity contribution in [1.29, 1.82) is 0 Å². The Kier molecular flexibility index (Phi) is 5.51. The molecule has 3 aromatic rings. The minimum Gasteiger partial charge on any atom is -0.493 e. The number of ether oxygens (including phenoxy) is 2. The van der Waals surface area contributed by atoms with Crippen LogP contribution in [-0.2, 0) is 0 Å². The molecule has 0 aliphatic carbocycles. The zero-order valence-corrected chi connectivity index (χ0v) is 15.3. The first kappa shape index (κ1) is 18.2. The van der Waals surface area contributed by atoms with E-state index in [-0.39, 0.29) is 11.6 Å². The van der Waals surface area contributed by atoms with Crippen LogP contribution in [0.1, 0.15) is 10.5 Å². The number of nitrogens with one attached hydrogen (secondary N) is 1. The standard InChI is InChI=1S/C20H20N4O3/c1-24(15-7-5-4-6-8-15)19-12-10-16(22-23-19)20(25)21-14-9-11-17(26-2)18(13-14)27-3/h4-13H,1-3H3,(H,21,25). The van der Waals surface area contributed by atoms with Crippen molar-refractivity contribution in [2.24, 2.45) is 0 Å². The first-order chi connectivity index (χ1) is 13.1. The molecular formula is C20H20N4O3. The van der Waals surface area contributed by atoms with E-state index in [4.69, 9.17) is 9.47 Å². The summed E-state index contributed by atoms with van der Waals surface area (Å²) >= 11 is 0. The molecule has 2 aromatic carbocycles. The average Bonchev–Trinajstić information content (AvgIpc) is 2.73. The Morgan fingerprint density at radius 2 is 1.67 bits per heavy atom. The molecule has 3 rings (SSSR count). The minimum absolute atomic E-state index is 0.218. The van der Waals surface area contributed by atoms with E-state index in [0.29, 0.717) is 23.0 Å². The highest BCUT2D eigenvalue weighted by atomic mass is 16.5. The van der Waals surface area contributed by atoms with Crippen molar-refractivity contribution in [3.8, 4) is 11.5 Å². The highest BCUT2D eigenvalue weighted by Gasteiger charge is 2.12. The van der Waals surface area contributed by atoms with Crippen LogP contribution in [0.4, 0.5) is 17.2 Å². The van der Waals surface area contributed by atoms with Gasteiger partial charge in [-0.1, -0.05) is 18.2 Å². The van der Waals surface area contributed by atoms with Gasteiger partial charge in [-0.05, 0) is 36.4 Å². The lowest BCUT2D eigenvalue weighted by Gasteiger charge is -2.17. The Hall–Kier alpha value is -3.61. The van der Waals surface area contributed by atoms with Crippen molar-refractivity contribution < 1.29 is 14.3 Å². The molecule has 138 valence electrons. The number of methoxy groups -OCH3 is 2. The summed E-state index contributed by atoms with van der Waals surface area (Å²) in [5.74, 6) is 1.40. The average molecular weight is 364 g/mol. The number of nitrogens with zero attached hydrogens (tertiary/aromatic N) is 3. The molecule has 0 radical (unpaired) electrons. The lowest BCUT2D eigenvalue weighted by atomic mass is 10.2. The SMILES string of the molecule is COc1ccc(NC(=O)c2ccc(N(C)c3ccccc3)nn2)cc1OC. The van der Waals surface area contributed by atoms with Crippen LogP contribution in [-0.4, -0.2) is 37.4 Å². The van der Waals surface area contributed by atoms with Crippen LogP contribution in [0.2, 0.25) is 0 Å². The lowest BCUT2D eigenvalue weighted by molar-refractivity contribution is 0.102. The molecule has 1 N–H and O–H groups in total. The summed E-state index contributed by atoms with van der Waals surface area (Å²) in [5, 5.41) is 11.0. The molecule has 0 spiro atoms. The summed E-state index contributed by atoms with van der Waals surface area (Å²) in [6, 6.07) is 18.3. The van der Waals surface area contributed by atoms with Crippen LogP contribution in [0.15, 0.2) is 60.7 Å². The van der Waals surface area contributed by atoms with E-state index >= 15 is 0 Å². The second kappa shape index (κ2) is 8.18. The molecule has 7 heteroatoms. The largest absolute Gasteiger partial charge is 0.493 e. The number of para-hydroxylation sites is 1. The van der Waals surface area contributed by atoms with Crippen molar-refractivity contribution >= 4 is 23.1 Å². The van der Waals surface area contributed by atoms with Crippen LogP contribution in [0.3, 0.4) is 0 Å². The first-order valence-corrected chi connectivity index (χ1v) is 8.28. The molecule has 7 nitrogen and oxygen atoms in total. The topological polar surface area (TPSA) is 76.6 Å². The molecular weight excluding hydrogens is 344 g/mol. The second-order valence-corrected chi connectivity index (χ2v) is 5.70. The van der Waals surface area contributed by atoms with Crippen molar-refractivity contribution in [3.05, 3.63) is 66.4 Å². The summed E-state index contributed by atoms with van der Waals surface area (Å²) in [6.45, 7) is 0. The third-order valence-corrected chi connectivity index (χ3v) is 4.01. The number of benzene rings is 2. The molecule has 0 aliphatic heterocycles. The highest BCUT2D eigenvalue weighted by Crippen LogP contribution is 2.30. The van der Waals surface area contributed by atoms with Crippen LogP contribution < -0.4 is 19.7 Å². The van der Waals surface area contributed by atoms with E-state index in [9.17, 15) is 4.79 Å². The minimum atomic E-state index is -0.358. The first-order valence-electron chi connectivity index (χ1n) is 8.28. The second-order valence-electron chi connectivity index (χ2n) is 5.70. The molecule has 0 aliphatic rings. The zero-order chi connectivity index (χ0) is 19.2. The molecule has 0 saturated heterocycles. The Bertz CT molecular complexity index is 914. The van der Waals surface area contributed by atoms with Crippen LogP contribution >= 0.6 is 0 Å². The Morgan fingerprint density at radius 3 is 2.30 bits per heavy atom. The Balaban J connectivity index is 1.72. The number of amides is 1. The summed E-state index contributed by atoms with van der Waals surface area (Å²) in [4.78, 5) is 14.3. The molecule has 0 fully saturated rings. The summed E-state index contributed by atoms with van der Waals surface area (Å²) < 4.78 is 10.4. The third kappa shape index (κ3) is 4.14. The van der Waals surface area contributed by atoms with E-state index in [1.165, 1.54) is 7.11 Å². The zero-order valence-electron chi connectivity index (χ0n) is 15.3. The maximum Gasteiger partial charge on any atom is 0.276 e. The smallest absolute Gasteiger partial charge is 0.276 e. The fourth-order valence-corrected chi connectivity index (χ4v) is 2.52. The number of anilines is 3. The maximum absolute atomic E-state index is 12.4. The number of hydrogen-bond acceptors (Lipinski definition) is 6. The van der Waals surface area contributed by atoms with Gasteiger partial charge < -0.3 is 19.7 Å². The molecule has 1 aromatic heterocycles. The van der Waals surface area contributed by atoms with E-state index in [2.05, 4.69) is 15.5 Å². The van der Waals surface area contributed by atoms with Gasteiger partial charge in [0.1, 0.15) is 0 Å². The van der Waals surface area contributed by atoms with Gasteiger partial charge in [-0.2, -0.15) is 0 Å². The highest BCUT2D eigenvalue weighted by molar-refractivity contribution is 6.03. The Morgan fingerprint density at radius 1 is 0.926 bits per heavy atom. The van der Waals surface area contributed by atoms with Crippen molar-refractivity contribution in [1.82, 2.24) is 10.2 Å². The predicted molar refractivity (Wildman–Crippen MR) is 104 cm³/mol. The molecule has 1 amide bonds. The van der Waals surface area contributed by atoms with Gasteiger partial charge in [-0.3, -0.25) is 4.79 Å². The fourth-order valence-electron chi connectivity index (χ4n) is 2.52. The van der Waals surface area contributed by atoms with Crippen LogP contribution in [0.5, 0.6) is 11.5 Å². The third-order valence-electron chi connectivity index (χ3n) is 4.01. The number of hydrogen-bond donors (Lipinski definition) is 1. The quantitative estimate of drug-likeness (QED) is 0.721. The Labute approximate surface area is 157 Å². The van der Waals surface area contributed by atoms with Gasteiger partial charge in [0.2, 0.25) is 0 Å². The van der Waals surface area contributed by atoms with Crippen molar-refractivity contribution in [2.45, 2.75) is 0 Å². The van der Waals surface area contributed by atoms with Crippen molar-refractivity contribution in [3.63, 3.8) is 0 Å². The number of aromatic nitrogens is 2. The van der Waals surface area contributed by atoms with Gasteiger partial charge in [0.05, 0.1) is 14.2 Å². The van der Waals surface area contributed by atoms with Gasteiger partial charge in [-0.15, -0.1) is 10.2 Å². The van der Waals surface area contributed by atoms with Gasteiger partial charge in [0.25, 0.3) is 5.91 Å². The normalized spacial score (nSPS) is 10.2. The monoisotopic (exact) mass is 364 g/mol. The van der Waals surface area contributed by atoms with Crippen LogP contribution in [0, 0.1) is 0 Å². The predicted octanol–water partition coefficient (Wildman–Crippen LogP) is 3.51. The van der Waals surface area contributed by atoms with E-state index in [1.54, 1.807) is 37.4 Å². The van der Waals surface area contributed by atoms with E-state index < -0.39 is 0 Å². The summed E-state index contributed by atoms with van der Waals surface area (Å²) in [5.41, 5.74) is 1.77. The molecule has 0 atom stereocenters. The van der Waals surface area contributed by atoms with Gasteiger partial charge in [0.15, 0.2) is 23.0 Å². The molecule has 1 heterocycles. The molecule has 0 saturated carbocycles. The van der Waals surface area contributed by atoms with Crippen molar-refractivity contribution in [2.75, 3.05) is 31.5 Å². The maximum atomic E-state index is 12.4. The number of carbonyl (C=O) groups excluding carboxylic acids is 1. The van der Waals surface area contributed by atoms with Gasteiger partial charge in [0, 0.05) is 24.5 Å². The van der Waals surface area contributed by atoms with Gasteiger partial charge >= 0.3 is 0 Å². The van der Waals surface area contributed by atoms with E-state index in [1.807, 2.05) is 42.3 Å². The number of rotatable bonds is 6. The lowest BCUT2D eigenvalue weighted by Crippen LogP contribution is -2.17. The van der Waals surface area contributed by atoms with E-state index in [0.717, 1.165) is 5.69 Å². The summed E-state index contributed by atoms with van der Waals surface area (Å²) in [7, 11) is 4.99. The molecule has 0 bridgehead atoms. The molecule has 27 heavy (non-hydrogen) atoms. The summed E-state index contributed by atoms with van der Waals surface area (Å²) in [6.07, 6.45) is 0.